The first-order chi connectivity index (χ1) is 15.8. The quantitative estimate of drug-likeness (QED) is 0.618. The highest BCUT2D eigenvalue weighted by Gasteiger charge is 2.41. The molecule has 9 nitrogen and oxygen atoms in total. The number of carbonyl (C=O) groups is 2. The van der Waals surface area contributed by atoms with E-state index in [0.717, 1.165) is 11.8 Å². The number of halogens is 1. The predicted octanol–water partition coefficient (Wildman–Crippen LogP) is 2.65. The summed E-state index contributed by atoms with van der Waals surface area (Å²) in [6, 6.07) is 5.74. The Morgan fingerprint density at radius 3 is 2.55 bits per heavy atom. The third-order valence-corrected chi connectivity index (χ3v) is 6.52. The van der Waals surface area contributed by atoms with Crippen LogP contribution in [0.25, 0.3) is 10.9 Å². The molecule has 0 saturated carbocycles. The van der Waals surface area contributed by atoms with Gasteiger partial charge in [-0.3, -0.25) is 14.6 Å². The maximum Gasteiger partial charge on any atom is 0.341 e. The van der Waals surface area contributed by atoms with E-state index in [4.69, 9.17) is 4.74 Å². The number of alkyl halides is 1. The van der Waals surface area contributed by atoms with E-state index in [0.29, 0.717) is 17.7 Å². The van der Waals surface area contributed by atoms with Crippen LogP contribution in [0.4, 0.5) is 10.1 Å². The van der Waals surface area contributed by atoms with Crippen molar-refractivity contribution in [1.29, 1.82) is 0 Å². The molecule has 1 saturated heterocycles. The summed E-state index contributed by atoms with van der Waals surface area (Å²) in [7, 11) is 0. The molecule has 1 fully saturated rings. The summed E-state index contributed by atoms with van der Waals surface area (Å²) in [5, 5.41) is 19.4. The van der Waals surface area contributed by atoms with Gasteiger partial charge in [0.2, 0.25) is 5.43 Å². The molecule has 33 heavy (non-hydrogen) atoms. The second kappa shape index (κ2) is 7.58. The van der Waals surface area contributed by atoms with Crippen LogP contribution in [0.15, 0.2) is 47.7 Å². The molecule has 2 aromatic heterocycles. The third-order valence-electron chi connectivity index (χ3n) is 6.52. The molecule has 0 spiro atoms. The standard InChI is InChI=1S/C23H20FN3O6/c1-11-21(24)33-20-17(3-2-13-18(20)27(11)10-16(19(13)28)23(31)32)26-8-14(15(9-26)22(29)30)12-4-6-25-7-5-12/h2-7,10-11,14-15,21H,8-9H2,1H3,(H,29,30)(H,31,32)/t11?,14-,15+,21-/m1/s1. The normalized spacial score (nSPS) is 24.0. The molecule has 0 bridgehead atoms. The average Bonchev–Trinajstić information content (AvgIpc) is 3.24. The van der Waals surface area contributed by atoms with Gasteiger partial charge in [-0.1, -0.05) is 0 Å². The number of anilines is 1. The Morgan fingerprint density at radius 1 is 1.15 bits per heavy atom. The molecule has 3 aromatic rings. The van der Waals surface area contributed by atoms with Crippen molar-refractivity contribution >= 4 is 28.5 Å². The van der Waals surface area contributed by atoms with Gasteiger partial charge < -0.3 is 24.4 Å². The van der Waals surface area contributed by atoms with Crippen LogP contribution in [0, 0.1) is 5.92 Å². The maximum absolute atomic E-state index is 14.8. The number of rotatable bonds is 4. The molecule has 1 aromatic carbocycles. The molecule has 5 rings (SSSR count). The van der Waals surface area contributed by atoms with Crippen LogP contribution in [-0.4, -0.2) is 51.1 Å². The molecule has 0 aliphatic carbocycles. The largest absolute Gasteiger partial charge is 0.481 e. The molecule has 2 aliphatic heterocycles. The Labute approximate surface area is 186 Å². The minimum Gasteiger partial charge on any atom is -0.481 e. The van der Waals surface area contributed by atoms with Crippen LogP contribution in [0.5, 0.6) is 5.75 Å². The van der Waals surface area contributed by atoms with Gasteiger partial charge in [0.25, 0.3) is 6.36 Å². The van der Waals surface area contributed by atoms with Crippen LogP contribution < -0.4 is 15.1 Å². The summed E-state index contributed by atoms with van der Waals surface area (Å²) in [5.74, 6) is -3.28. The van der Waals surface area contributed by atoms with E-state index < -0.39 is 41.2 Å². The number of pyridine rings is 2. The fourth-order valence-corrected chi connectivity index (χ4v) is 4.78. The van der Waals surface area contributed by atoms with Crippen molar-refractivity contribution in [3.8, 4) is 5.75 Å². The number of aromatic nitrogens is 2. The number of hydrogen-bond donors (Lipinski definition) is 2. The fourth-order valence-electron chi connectivity index (χ4n) is 4.78. The second-order valence-electron chi connectivity index (χ2n) is 8.34. The van der Waals surface area contributed by atoms with E-state index in [1.165, 1.54) is 17.6 Å². The zero-order chi connectivity index (χ0) is 23.4. The Morgan fingerprint density at radius 2 is 1.88 bits per heavy atom. The Bertz CT molecular complexity index is 1340. The molecule has 2 aliphatic rings. The molecule has 170 valence electrons. The first kappa shape index (κ1) is 20.9. The van der Waals surface area contributed by atoms with Gasteiger partial charge in [-0.2, -0.15) is 4.39 Å². The summed E-state index contributed by atoms with van der Waals surface area (Å²) < 4.78 is 21.8. The van der Waals surface area contributed by atoms with E-state index >= 15 is 0 Å². The van der Waals surface area contributed by atoms with Gasteiger partial charge in [-0.15, -0.1) is 0 Å². The van der Waals surface area contributed by atoms with Crippen LogP contribution in [0.1, 0.15) is 34.8 Å². The molecular formula is C23H20FN3O6. The summed E-state index contributed by atoms with van der Waals surface area (Å²) in [6.07, 6.45) is 2.57. The van der Waals surface area contributed by atoms with E-state index in [-0.39, 0.29) is 23.6 Å². The summed E-state index contributed by atoms with van der Waals surface area (Å²) in [6.45, 7) is 2.03. The van der Waals surface area contributed by atoms with Crippen molar-refractivity contribution in [3.63, 3.8) is 0 Å². The van der Waals surface area contributed by atoms with Crippen LogP contribution in [-0.2, 0) is 4.79 Å². The number of nitrogens with zero attached hydrogens (tertiary/aromatic N) is 3. The number of aromatic carboxylic acids is 1. The van der Waals surface area contributed by atoms with Crippen molar-refractivity contribution in [2.45, 2.75) is 25.2 Å². The number of benzene rings is 1. The first-order valence-corrected chi connectivity index (χ1v) is 10.4. The molecule has 0 radical (unpaired) electrons. The number of aliphatic carboxylic acids is 1. The molecule has 10 heteroatoms. The second-order valence-corrected chi connectivity index (χ2v) is 8.34. The van der Waals surface area contributed by atoms with Crippen LogP contribution in [0.3, 0.4) is 0 Å². The number of carboxylic acids is 2. The van der Waals surface area contributed by atoms with Crippen LogP contribution >= 0.6 is 0 Å². The summed E-state index contributed by atoms with van der Waals surface area (Å²) in [4.78, 5) is 42.1. The van der Waals surface area contributed by atoms with Gasteiger partial charge in [-0.25, -0.2) is 4.79 Å². The van der Waals surface area contributed by atoms with E-state index in [2.05, 4.69) is 4.98 Å². The van der Waals surface area contributed by atoms with Gasteiger partial charge in [0.1, 0.15) is 5.56 Å². The Hall–Kier alpha value is -3.95. The molecule has 1 unspecified atom stereocenters. The van der Waals surface area contributed by atoms with Gasteiger partial charge in [0, 0.05) is 37.6 Å². The minimum atomic E-state index is -1.78. The third kappa shape index (κ3) is 3.21. The number of hydrogen-bond acceptors (Lipinski definition) is 6. The monoisotopic (exact) mass is 453 g/mol. The highest BCUT2D eigenvalue weighted by atomic mass is 19.1. The highest BCUT2D eigenvalue weighted by molar-refractivity contribution is 5.97. The summed E-state index contributed by atoms with van der Waals surface area (Å²) in [5.41, 5.74) is 0.440. The maximum atomic E-state index is 14.8. The van der Waals surface area contributed by atoms with Gasteiger partial charge in [0.05, 0.1) is 28.6 Å². The topological polar surface area (TPSA) is 122 Å². The lowest BCUT2D eigenvalue weighted by molar-refractivity contribution is -0.141. The molecule has 4 atom stereocenters. The lowest BCUT2D eigenvalue weighted by Crippen LogP contribution is -2.33. The fraction of sp³-hybridized carbons (Fsp3) is 0.304. The number of ether oxygens (including phenoxy) is 1. The highest BCUT2D eigenvalue weighted by Crippen LogP contribution is 2.45. The van der Waals surface area contributed by atoms with Crippen molar-refractivity contribution in [2.75, 3.05) is 18.0 Å². The van der Waals surface area contributed by atoms with Gasteiger partial charge in [0.15, 0.2) is 5.75 Å². The smallest absolute Gasteiger partial charge is 0.341 e. The van der Waals surface area contributed by atoms with Gasteiger partial charge in [-0.05, 0) is 36.8 Å². The minimum absolute atomic E-state index is 0.103. The zero-order valence-electron chi connectivity index (χ0n) is 17.5. The van der Waals surface area contributed by atoms with Gasteiger partial charge >= 0.3 is 11.9 Å². The predicted molar refractivity (Wildman–Crippen MR) is 116 cm³/mol. The molecule has 2 N–H and O–H groups in total. The SMILES string of the molecule is CC1[C@H](F)Oc2c(N3C[C@H](C(=O)O)[C@@H](c4ccncc4)C3)ccc3c(=O)c(C(=O)O)cn1c23. The zero-order valence-corrected chi connectivity index (χ0v) is 17.5. The van der Waals surface area contributed by atoms with Crippen molar-refractivity contribution in [2.24, 2.45) is 5.92 Å². The Kier molecular flexibility index (Phi) is 4.80. The van der Waals surface area contributed by atoms with Crippen molar-refractivity contribution in [1.82, 2.24) is 9.55 Å². The van der Waals surface area contributed by atoms with E-state index in [1.807, 2.05) is 0 Å². The number of carboxylic acid groups (broad SMARTS) is 2. The first-order valence-electron chi connectivity index (χ1n) is 10.4. The van der Waals surface area contributed by atoms with Crippen LogP contribution in [0.2, 0.25) is 0 Å². The van der Waals surface area contributed by atoms with E-state index in [1.54, 1.807) is 35.5 Å². The lowest BCUT2D eigenvalue weighted by atomic mass is 9.90. The average molecular weight is 453 g/mol. The summed E-state index contributed by atoms with van der Waals surface area (Å²) >= 11 is 0. The van der Waals surface area contributed by atoms with Crippen molar-refractivity contribution in [3.05, 3.63) is 64.2 Å². The molecule has 4 heterocycles. The Balaban J connectivity index is 1.67. The molecular weight excluding hydrogens is 433 g/mol. The van der Waals surface area contributed by atoms with Crippen molar-refractivity contribution < 1.29 is 28.9 Å². The lowest BCUT2D eigenvalue weighted by Gasteiger charge is -2.32. The molecule has 0 amide bonds. The van der Waals surface area contributed by atoms with E-state index in [9.17, 15) is 29.0 Å².